The van der Waals surface area contributed by atoms with E-state index in [0.29, 0.717) is 18.4 Å². The molecule has 6 heteroatoms. The molecule has 1 aromatic rings. The summed E-state index contributed by atoms with van der Waals surface area (Å²) in [6.45, 7) is 0. The number of nitrogens with zero attached hydrogens (tertiary/aromatic N) is 1. The number of nitro groups is 1. The molecule has 0 bridgehead atoms. The second-order valence-electron chi connectivity index (χ2n) is 3.01. The molecule has 1 rings (SSSR count). The van der Waals surface area contributed by atoms with Crippen molar-refractivity contribution >= 4 is 17.3 Å². The van der Waals surface area contributed by atoms with Gasteiger partial charge in [0.2, 0.25) is 6.20 Å². The van der Waals surface area contributed by atoms with Gasteiger partial charge in [-0.3, -0.25) is 10.1 Å². The van der Waals surface area contributed by atoms with Crippen LogP contribution in [0.25, 0.3) is 0 Å². The highest BCUT2D eigenvalue weighted by Crippen LogP contribution is 2.17. The van der Waals surface area contributed by atoms with Crippen molar-refractivity contribution in [2.24, 2.45) is 0 Å². The van der Waals surface area contributed by atoms with E-state index in [4.69, 9.17) is 0 Å². The summed E-state index contributed by atoms with van der Waals surface area (Å²) in [4.78, 5) is 20.8. The van der Waals surface area contributed by atoms with Gasteiger partial charge in [0.25, 0.3) is 0 Å². The Labute approximate surface area is 96.5 Å². The van der Waals surface area contributed by atoms with E-state index < -0.39 is 4.92 Å². The van der Waals surface area contributed by atoms with Gasteiger partial charge in [0.15, 0.2) is 0 Å². The zero-order valence-electron chi connectivity index (χ0n) is 8.71. The van der Waals surface area contributed by atoms with Crippen LogP contribution >= 0.6 is 11.3 Å². The van der Waals surface area contributed by atoms with Crippen molar-refractivity contribution < 1.29 is 14.5 Å². The van der Waals surface area contributed by atoms with Gasteiger partial charge in [0.05, 0.1) is 17.6 Å². The molecule has 0 aliphatic rings. The molecule has 1 aromatic heterocycles. The van der Waals surface area contributed by atoms with Crippen molar-refractivity contribution in [1.29, 1.82) is 0 Å². The van der Waals surface area contributed by atoms with Crippen LogP contribution < -0.4 is 0 Å². The van der Waals surface area contributed by atoms with Crippen LogP contribution in [0.3, 0.4) is 0 Å². The molecule has 0 aliphatic carbocycles. The van der Waals surface area contributed by atoms with Crippen molar-refractivity contribution in [3.8, 4) is 0 Å². The molecule has 0 saturated carbocycles. The van der Waals surface area contributed by atoms with Gasteiger partial charge >= 0.3 is 5.97 Å². The van der Waals surface area contributed by atoms with E-state index in [-0.39, 0.29) is 5.97 Å². The lowest BCUT2D eigenvalue weighted by atomic mass is 10.1. The summed E-state index contributed by atoms with van der Waals surface area (Å²) in [5.41, 5.74) is 1.41. The number of carbonyl (C=O) groups excluding carboxylic acids is 1. The van der Waals surface area contributed by atoms with Crippen LogP contribution in [0.2, 0.25) is 0 Å². The fraction of sp³-hybridized carbons (Fsp3) is 0.300. The molecular formula is C10H11NO4S. The predicted molar refractivity (Wildman–Crippen MR) is 60.1 cm³/mol. The van der Waals surface area contributed by atoms with Gasteiger partial charge in [0, 0.05) is 5.38 Å². The molecule has 1 heterocycles. The Morgan fingerprint density at radius 3 is 3.00 bits per heavy atom. The van der Waals surface area contributed by atoms with Crippen molar-refractivity contribution in [2.45, 2.75) is 12.8 Å². The van der Waals surface area contributed by atoms with Crippen LogP contribution in [-0.2, 0) is 11.2 Å². The summed E-state index contributed by atoms with van der Waals surface area (Å²) in [5, 5.41) is 13.6. The molecule has 0 radical (unpaired) electrons. The minimum Gasteiger partial charge on any atom is -0.465 e. The maximum Gasteiger partial charge on any atom is 0.338 e. The third kappa shape index (κ3) is 3.47. The number of hydrogen-bond donors (Lipinski definition) is 0. The number of esters is 1. The number of ether oxygens (including phenoxy) is 1. The molecule has 0 atom stereocenters. The number of methoxy groups -OCH3 is 1. The number of carbonyl (C=O) groups is 1. The van der Waals surface area contributed by atoms with E-state index in [1.807, 2.05) is 5.38 Å². The van der Waals surface area contributed by atoms with Gasteiger partial charge in [-0.1, -0.05) is 0 Å². The first kappa shape index (κ1) is 12.4. The lowest BCUT2D eigenvalue weighted by Crippen LogP contribution is -2.02. The molecule has 0 unspecified atom stereocenters. The van der Waals surface area contributed by atoms with Crippen LogP contribution in [0.1, 0.15) is 22.3 Å². The molecule has 0 spiro atoms. The van der Waals surface area contributed by atoms with Gasteiger partial charge in [-0.05, 0) is 29.9 Å². The maximum atomic E-state index is 11.3. The van der Waals surface area contributed by atoms with Crippen molar-refractivity contribution in [3.63, 3.8) is 0 Å². The third-order valence-corrected chi connectivity index (χ3v) is 2.75. The minimum absolute atomic E-state index is 0.366. The predicted octanol–water partition coefficient (Wildman–Crippen LogP) is 2.26. The van der Waals surface area contributed by atoms with Crippen molar-refractivity contribution in [1.82, 2.24) is 0 Å². The van der Waals surface area contributed by atoms with E-state index in [0.717, 1.165) is 11.8 Å². The smallest absolute Gasteiger partial charge is 0.338 e. The van der Waals surface area contributed by atoms with E-state index in [1.54, 1.807) is 5.38 Å². The lowest BCUT2D eigenvalue weighted by molar-refractivity contribution is -0.402. The van der Waals surface area contributed by atoms with E-state index in [9.17, 15) is 14.9 Å². The summed E-state index contributed by atoms with van der Waals surface area (Å²) in [7, 11) is 1.33. The highest BCUT2D eigenvalue weighted by atomic mass is 32.1. The Morgan fingerprint density at radius 1 is 1.62 bits per heavy atom. The third-order valence-electron chi connectivity index (χ3n) is 1.95. The number of thiophene rings is 1. The van der Waals surface area contributed by atoms with Crippen molar-refractivity contribution in [2.75, 3.05) is 7.11 Å². The van der Waals surface area contributed by atoms with Gasteiger partial charge < -0.3 is 4.74 Å². The topological polar surface area (TPSA) is 69.4 Å². The van der Waals surface area contributed by atoms with E-state index >= 15 is 0 Å². The number of allylic oxidation sites excluding steroid dienone is 1. The summed E-state index contributed by atoms with van der Waals surface area (Å²) in [6.07, 6.45) is 3.50. The first-order valence-corrected chi connectivity index (χ1v) is 5.53. The maximum absolute atomic E-state index is 11.3. The Kier molecular flexibility index (Phi) is 4.65. The molecule has 16 heavy (non-hydrogen) atoms. The lowest BCUT2D eigenvalue weighted by Gasteiger charge is -1.99. The molecule has 0 saturated heterocycles. The van der Waals surface area contributed by atoms with Gasteiger partial charge in [-0.25, -0.2) is 4.79 Å². The van der Waals surface area contributed by atoms with Crippen LogP contribution in [0, 0.1) is 10.1 Å². The minimum atomic E-state index is -0.505. The summed E-state index contributed by atoms with van der Waals surface area (Å²) < 4.78 is 4.62. The van der Waals surface area contributed by atoms with Crippen molar-refractivity contribution in [3.05, 3.63) is 44.3 Å². The van der Waals surface area contributed by atoms with Gasteiger partial charge in [0.1, 0.15) is 0 Å². The van der Waals surface area contributed by atoms with Gasteiger partial charge in [-0.2, -0.15) is 11.3 Å². The zero-order valence-corrected chi connectivity index (χ0v) is 9.53. The summed E-state index contributed by atoms with van der Waals surface area (Å²) >= 11 is 1.42. The second-order valence-corrected chi connectivity index (χ2v) is 3.75. The molecule has 0 aromatic carbocycles. The molecule has 5 nitrogen and oxygen atoms in total. The average Bonchev–Trinajstić information content (AvgIpc) is 2.71. The van der Waals surface area contributed by atoms with Crippen LogP contribution in [-0.4, -0.2) is 18.0 Å². The highest BCUT2D eigenvalue weighted by molar-refractivity contribution is 7.08. The van der Waals surface area contributed by atoms with E-state index in [2.05, 4.69) is 4.74 Å². The first-order chi connectivity index (χ1) is 7.65. The Hall–Kier alpha value is -1.69. The normalized spacial score (nSPS) is 10.6. The fourth-order valence-corrected chi connectivity index (χ4v) is 2.07. The number of hydrogen-bond acceptors (Lipinski definition) is 5. The summed E-state index contributed by atoms with van der Waals surface area (Å²) in [5.74, 6) is -0.366. The van der Waals surface area contributed by atoms with Crippen LogP contribution in [0.4, 0.5) is 0 Å². The number of rotatable bonds is 5. The molecule has 86 valence electrons. The monoisotopic (exact) mass is 241 g/mol. The fourth-order valence-electron chi connectivity index (χ4n) is 1.21. The Morgan fingerprint density at radius 2 is 2.38 bits per heavy atom. The second kappa shape index (κ2) is 6.02. The average molecular weight is 241 g/mol. The summed E-state index contributed by atoms with van der Waals surface area (Å²) in [6, 6.07) is 0. The quantitative estimate of drug-likeness (QED) is 0.450. The van der Waals surface area contributed by atoms with Gasteiger partial charge in [-0.15, -0.1) is 0 Å². The molecule has 0 N–H and O–H groups in total. The Bertz CT molecular complexity index is 411. The van der Waals surface area contributed by atoms with E-state index in [1.165, 1.54) is 24.5 Å². The van der Waals surface area contributed by atoms with Crippen LogP contribution in [0.5, 0.6) is 0 Å². The molecule has 0 amide bonds. The molecular weight excluding hydrogens is 230 g/mol. The Balaban J connectivity index is 2.57. The molecule has 0 aliphatic heterocycles. The molecule has 0 fully saturated rings. The standard InChI is InChI=1S/C10H11NO4S/c1-15-10(12)9-7-16-6-8(9)4-2-3-5-11(13)14/h3,5-7H,2,4H2,1H3. The highest BCUT2D eigenvalue weighted by Gasteiger charge is 2.11. The zero-order chi connectivity index (χ0) is 12.0. The largest absolute Gasteiger partial charge is 0.465 e. The van der Waals surface area contributed by atoms with Crippen LogP contribution in [0.15, 0.2) is 23.0 Å². The number of aryl methyl sites for hydroxylation is 1. The first-order valence-electron chi connectivity index (χ1n) is 4.58. The SMILES string of the molecule is COC(=O)c1cscc1CCC=C[N+](=O)[O-].